The molecule has 1 nitrogen and oxygen atoms in total. The molecular formula is C9H8BrClO. The Morgan fingerprint density at radius 3 is 2.50 bits per heavy atom. The van der Waals surface area contributed by atoms with Crippen molar-refractivity contribution in [1.82, 2.24) is 0 Å². The van der Waals surface area contributed by atoms with Crippen LogP contribution in [0.4, 0.5) is 0 Å². The first-order valence-corrected chi connectivity index (χ1v) is 4.57. The van der Waals surface area contributed by atoms with Gasteiger partial charge >= 0.3 is 0 Å². The second-order valence-electron chi connectivity index (χ2n) is 2.26. The highest BCUT2D eigenvalue weighted by atomic mass is 79.9. The van der Waals surface area contributed by atoms with E-state index < -0.39 is 0 Å². The first-order chi connectivity index (χ1) is 5.68. The average Bonchev–Trinajstić information content (AvgIpc) is 2.03. The molecule has 0 N–H and O–H groups in total. The Morgan fingerprint density at radius 1 is 1.42 bits per heavy atom. The molecule has 0 aliphatic heterocycles. The summed E-state index contributed by atoms with van der Waals surface area (Å²) < 4.78 is 6.30. The zero-order valence-corrected chi connectivity index (χ0v) is 8.73. The molecule has 0 bridgehead atoms. The number of hydrogen-bond donors (Lipinski definition) is 0. The van der Waals surface area contributed by atoms with E-state index in [4.69, 9.17) is 16.3 Å². The van der Waals surface area contributed by atoms with Crippen LogP contribution in [0.5, 0.6) is 5.75 Å². The van der Waals surface area contributed by atoms with Crippen LogP contribution in [-0.2, 0) is 0 Å². The highest BCUT2D eigenvalue weighted by Crippen LogP contribution is 2.16. The lowest BCUT2D eigenvalue weighted by atomic mass is 10.3. The molecule has 0 unspecified atom stereocenters. The molecule has 0 aromatic heterocycles. The van der Waals surface area contributed by atoms with Gasteiger partial charge in [0.2, 0.25) is 0 Å². The van der Waals surface area contributed by atoms with Crippen molar-refractivity contribution in [2.24, 2.45) is 0 Å². The van der Waals surface area contributed by atoms with E-state index in [1.54, 1.807) is 0 Å². The maximum absolute atomic E-state index is 5.53. The quantitative estimate of drug-likeness (QED) is 0.793. The van der Waals surface area contributed by atoms with Gasteiger partial charge in [0.25, 0.3) is 0 Å². The van der Waals surface area contributed by atoms with Gasteiger partial charge in [-0.15, -0.1) is 0 Å². The summed E-state index contributed by atoms with van der Waals surface area (Å²) in [5, 5.41) is 0.498. The van der Waals surface area contributed by atoms with Gasteiger partial charge in [0, 0.05) is 9.51 Å². The summed E-state index contributed by atoms with van der Waals surface area (Å²) in [5.41, 5.74) is 0. The Hall–Kier alpha value is -0.470. The van der Waals surface area contributed by atoms with E-state index in [2.05, 4.69) is 22.5 Å². The molecule has 0 aliphatic rings. The van der Waals surface area contributed by atoms with Gasteiger partial charge in [-0.05, 0) is 24.3 Å². The topological polar surface area (TPSA) is 9.23 Å². The summed E-state index contributed by atoms with van der Waals surface area (Å²) >= 11 is 8.86. The molecule has 0 amide bonds. The summed E-state index contributed by atoms with van der Waals surface area (Å²) in [7, 11) is 0. The Morgan fingerprint density at radius 2 is 2.00 bits per heavy atom. The van der Waals surface area contributed by atoms with Crippen LogP contribution < -0.4 is 4.74 Å². The zero-order valence-electron chi connectivity index (χ0n) is 6.39. The summed E-state index contributed by atoms with van der Waals surface area (Å²) in [6.07, 6.45) is 0. The van der Waals surface area contributed by atoms with E-state index in [0.29, 0.717) is 11.6 Å². The summed E-state index contributed by atoms with van der Waals surface area (Å²) in [5.74, 6) is 0.792. The molecular weight excluding hydrogens is 239 g/mol. The molecule has 0 fully saturated rings. The lowest BCUT2D eigenvalue weighted by Gasteiger charge is -2.03. The van der Waals surface area contributed by atoms with Gasteiger partial charge < -0.3 is 4.74 Å². The number of rotatable bonds is 3. The average molecular weight is 248 g/mol. The number of hydrogen-bond acceptors (Lipinski definition) is 1. The van der Waals surface area contributed by atoms with Gasteiger partial charge in [0.1, 0.15) is 12.4 Å². The normalized spacial score (nSPS) is 9.50. The third-order valence-electron chi connectivity index (χ3n) is 1.21. The van der Waals surface area contributed by atoms with Crippen LogP contribution in [0, 0.1) is 0 Å². The van der Waals surface area contributed by atoms with Crippen LogP contribution in [-0.4, -0.2) is 6.61 Å². The smallest absolute Gasteiger partial charge is 0.123 e. The van der Waals surface area contributed by atoms with Crippen LogP contribution in [0.15, 0.2) is 40.3 Å². The minimum Gasteiger partial charge on any atom is -0.488 e. The van der Waals surface area contributed by atoms with Gasteiger partial charge in [0.15, 0.2) is 0 Å². The van der Waals surface area contributed by atoms with Crippen molar-refractivity contribution in [1.29, 1.82) is 0 Å². The minimum atomic E-state index is 0.350. The highest BCUT2D eigenvalue weighted by Gasteiger charge is 1.93. The van der Waals surface area contributed by atoms with Crippen LogP contribution in [0.2, 0.25) is 0 Å². The van der Waals surface area contributed by atoms with Crippen molar-refractivity contribution in [3.8, 4) is 5.75 Å². The fourth-order valence-electron chi connectivity index (χ4n) is 0.692. The molecule has 0 saturated carbocycles. The van der Waals surface area contributed by atoms with Crippen LogP contribution in [0.1, 0.15) is 0 Å². The molecule has 1 aromatic rings. The maximum Gasteiger partial charge on any atom is 0.123 e. The van der Waals surface area contributed by atoms with Gasteiger partial charge in [-0.3, -0.25) is 0 Å². The molecule has 1 aromatic carbocycles. The van der Waals surface area contributed by atoms with Crippen LogP contribution in [0.3, 0.4) is 0 Å². The molecule has 0 atom stereocenters. The molecule has 64 valence electrons. The van der Waals surface area contributed by atoms with Crippen molar-refractivity contribution < 1.29 is 4.74 Å². The van der Waals surface area contributed by atoms with Crippen molar-refractivity contribution in [3.63, 3.8) is 0 Å². The molecule has 3 heteroatoms. The van der Waals surface area contributed by atoms with E-state index in [-0.39, 0.29) is 0 Å². The highest BCUT2D eigenvalue weighted by molar-refractivity contribution is 9.10. The zero-order chi connectivity index (χ0) is 8.97. The predicted molar refractivity (Wildman–Crippen MR) is 54.6 cm³/mol. The van der Waals surface area contributed by atoms with Crippen molar-refractivity contribution >= 4 is 27.5 Å². The lowest BCUT2D eigenvalue weighted by Crippen LogP contribution is -1.95. The fraction of sp³-hybridized carbons (Fsp3) is 0.111. The van der Waals surface area contributed by atoms with Crippen molar-refractivity contribution in [2.45, 2.75) is 0 Å². The Kier molecular flexibility index (Phi) is 3.63. The standard InChI is InChI=1S/C9H8BrClO/c1-7(11)6-12-9-4-2-8(10)3-5-9/h2-5H,1,6H2. The molecule has 0 aliphatic carbocycles. The predicted octanol–water partition coefficient (Wildman–Crippen LogP) is 3.58. The molecule has 0 spiro atoms. The lowest BCUT2D eigenvalue weighted by molar-refractivity contribution is 0.359. The van der Waals surface area contributed by atoms with E-state index in [1.807, 2.05) is 24.3 Å². The second kappa shape index (κ2) is 4.53. The van der Waals surface area contributed by atoms with Crippen LogP contribution >= 0.6 is 27.5 Å². The van der Waals surface area contributed by atoms with Crippen LogP contribution in [0.25, 0.3) is 0 Å². The Balaban J connectivity index is 2.53. The summed E-state index contributed by atoms with van der Waals surface area (Å²) in [6, 6.07) is 7.55. The first-order valence-electron chi connectivity index (χ1n) is 3.40. The van der Waals surface area contributed by atoms with E-state index in [0.717, 1.165) is 10.2 Å². The summed E-state index contributed by atoms with van der Waals surface area (Å²) in [6.45, 7) is 3.87. The van der Waals surface area contributed by atoms with Crippen molar-refractivity contribution in [3.05, 3.63) is 40.3 Å². The largest absolute Gasteiger partial charge is 0.488 e. The van der Waals surface area contributed by atoms with E-state index in [9.17, 15) is 0 Å². The minimum absolute atomic E-state index is 0.350. The molecule has 0 radical (unpaired) electrons. The first kappa shape index (κ1) is 9.62. The monoisotopic (exact) mass is 246 g/mol. The van der Waals surface area contributed by atoms with E-state index >= 15 is 0 Å². The Bertz CT molecular complexity index is 268. The van der Waals surface area contributed by atoms with Gasteiger partial charge in [-0.2, -0.15) is 0 Å². The second-order valence-corrected chi connectivity index (χ2v) is 3.71. The fourth-order valence-corrected chi connectivity index (χ4v) is 1.01. The molecule has 0 heterocycles. The van der Waals surface area contributed by atoms with Crippen molar-refractivity contribution in [2.75, 3.05) is 6.61 Å². The van der Waals surface area contributed by atoms with Gasteiger partial charge in [-0.25, -0.2) is 0 Å². The molecule has 0 saturated heterocycles. The molecule has 12 heavy (non-hydrogen) atoms. The van der Waals surface area contributed by atoms with Gasteiger partial charge in [-0.1, -0.05) is 34.1 Å². The molecule has 1 rings (SSSR count). The van der Waals surface area contributed by atoms with Gasteiger partial charge in [0.05, 0.1) is 0 Å². The van der Waals surface area contributed by atoms with E-state index in [1.165, 1.54) is 0 Å². The third kappa shape index (κ3) is 3.28. The SMILES string of the molecule is C=C(Cl)COc1ccc(Br)cc1. The number of halogens is 2. The number of ether oxygens (including phenoxy) is 1. The maximum atomic E-state index is 5.53. The third-order valence-corrected chi connectivity index (χ3v) is 1.85. The summed E-state index contributed by atoms with van der Waals surface area (Å²) in [4.78, 5) is 0. The Labute approximate surface area is 85.1 Å². The number of benzene rings is 1.